The summed E-state index contributed by atoms with van der Waals surface area (Å²) in [6, 6.07) is 5.85. The molecule has 1 saturated carbocycles. The fraction of sp³-hybridized carbons (Fsp3) is 0.433. The van der Waals surface area contributed by atoms with Gasteiger partial charge in [0.1, 0.15) is 17.0 Å². The molecule has 1 aliphatic heterocycles. The number of fused-ring (bicyclic) bond motifs is 1. The second kappa shape index (κ2) is 10.6. The van der Waals surface area contributed by atoms with Gasteiger partial charge in [-0.2, -0.15) is 5.10 Å². The molecule has 1 N–H and O–H groups in total. The summed E-state index contributed by atoms with van der Waals surface area (Å²) >= 11 is 0. The summed E-state index contributed by atoms with van der Waals surface area (Å²) in [5.41, 5.74) is 1.41. The van der Waals surface area contributed by atoms with Crippen LogP contribution in [0.4, 0.5) is 13.2 Å². The largest absolute Gasteiger partial charge is 0.340 e. The molecule has 1 aliphatic carbocycles. The lowest BCUT2D eigenvalue weighted by atomic mass is 9.79. The van der Waals surface area contributed by atoms with Crippen molar-refractivity contribution in [2.24, 2.45) is 25.9 Å². The third-order valence-corrected chi connectivity index (χ3v) is 8.65. The Morgan fingerprint density at radius 3 is 2.43 bits per heavy atom. The number of halogens is 3. The minimum Gasteiger partial charge on any atom is -0.340 e. The highest BCUT2D eigenvalue weighted by molar-refractivity contribution is 6.02. The van der Waals surface area contributed by atoms with Gasteiger partial charge in [-0.05, 0) is 48.9 Å². The van der Waals surface area contributed by atoms with Crippen LogP contribution in [0.2, 0.25) is 0 Å². The number of amides is 2. The van der Waals surface area contributed by atoms with Crippen LogP contribution in [0.15, 0.2) is 42.9 Å². The highest BCUT2D eigenvalue weighted by Crippen LogP contribution is 2.39. The van der Waals surface area contributed by atoms with Crippen molar-refractivity contribution >= 4 is 22.8 Å². The summed E-state index contributed by atoms with van der Waals surface area (Å²) < 4.78 is 46.5. The van der Waals surface area contributed by atoms with E-state index in [1.165, 1.54) is 23.1 Å². The molecule has 1 unspecified atom stereocenters. The van der Waals surface area contributed by atoms with Crippen LogP contribution >= 0.6 is 0 Å². The molecule has 0 spiro atoms. The standard InChI is InChI=1S/C30H32F3N7O2/c1-17-4-6-18(7-5-17)25(37-28(41)23-11-13-35-39(23)3)27-36-26-22(38(27)2)9-8-19(24(26)31)21-14-34-12-10-20(21)29(42)40-15-30(32,33)16-40/h8-14,17-18,25H,4-7,15-16H2,1-3H3,(H,37,41). The third kappa shape index (κ3) is 4.92. The zero-order chi connectivity index (χ0) is 29.8. The van der Waals surface area contributed by atoms with Crippen LogP contribution in [0.25, 0.3) is 22.2 Å². The number of benzene rings is 1. The summed E-state index contributed by atoms with van der Waals surface area (Å²) in [6.07, 6.45) is 8.13. The molecule has 0 bridgehead atoms. The maximum Gasteiger partial charge on any atom is 0.282 e. The van der Waals surface area contributed by atoms with Crippen molar-refractivity contribution in [3.8, 4) is 11.1 Å². The van der Waals surface area contributed by atoms with E-state index in [9.17, 15) is 18.4 Å². The molecule has 12 heteroatoms. The average molecular weight is 580 g/mol. The zero-order valence-corrected chi connectivity index (χ0v) is 23.6. The molecular weight excluding hydrogens is 547 g/mol. The lowest BCUT2D eigenvalue weighted by Crippen LogP contribution is -2.58. The van der Waals surface area contributed by atoms with Gasteiger partial charge in [0.25, 0.3) is 17.7 Å². The average Bonchev–Trinajstić information content (AvgIpc) is 3.54. The Morgan fingerprint density at radius 2 is 1.76 bits per heavy atom. The second-order valence-corrected chi connectivity index (χ2v) is 11.6. The predicted molar refractivity (Wildman–Crippen MR) is 149 cm³/mol. The topological polar surface area (TPSA) is 97.9 Å². The van der Waals surface area contributed by atoms with Crippen molar-refractivity contribution in [3.05, 3.63) is 65.8 Å². The Kier molecular flexibility index (Phi) is 7.02. The molecule has 2 fully saturated rings. The van der Waals surface area contributed by atoms with Gasteiger partial charge in [-0.25, -0.2) is 18.2 Å². The molecule has 9 nitrogen and oxygen atoms in total. The molecule has 4 aromatic rings. The Labute approximate surface area is 240 Å². The predicted octanol–water partition coefficient (Wildman–Crippen LogP) is 4.90. The molecule has 2 aliphatic rings. The van der Waals surface area contributed by atoms with E-state index in [1.54, 1.807) is 43.1 Å². The van der Waals surface area contributed by atoms with Crippen LogP contribution in [0.5, 0.6) is 0 Å². The Morgan fingerprint density at radius 1 is 1.02 bits per heavy atom. The van der Waals surface area contributed by atoms with Crippen LogP contribution in [0.1, 0.15) is 65.3 Å². The summed E-state index contributed by atoms with van der Waals surface area (Å²) in [5.74, 6) is -3.24. The van der Waals surface area contributed by atoms with Gasteiger partial charge < -0.3 is 14.8 Å². The molecule has 3 aromatic heterocycles. The van der Waals surface area contributed by atoms with Crippen LogP contribution in [0, 0.1) is 17.7 Å². The van der Waals surface area contributed by atoms with E-state index in [-0.39, 0.29) is 34.0 Å². The number of rotatable bonds is 6. The van der Waals surface area contributed by atoms with Crippen LogP contribution in [0.3, 0.4) is 0 Å². The number of hydrogen-bond donors (Lipinski definition) is 1. The van der Waals surface area contributed by atoms with E-state index in [1.807, 2.05) is 0 Å². The fourth-order valence-electron chi connectivity index (χ4n) is 6.18. The molecular formula is C30H32F3N7O2. The van der Waals surface area contributed by atoms with E-state index < -0.39 is 36.8 Å². The number of hydrogen-bond acceptors (Lipinski definition) is 5. The van der Waals surface area contributed by atoms with Crippen molar-refractivity contribution in [3.63, 3.8) is 0 Å². The van der Waals surface area contributed by atoms with E-state index in [4.69, 9.17) is 4.98 Å². The minimum atomic E-state index is -2.92. The highest BCUT2D eigenvalue weighted by Gasteiger charge is 2.46. The summed E-state index contributed by atoms with van der Waals surface area (Å²) in [4.78, 5) is 36.2. The summed E-state index contributed by atoms with van der Waals surface area (Å²) in [6.45, 7) is 0.867. The van der Waals surface area contributed by atoms with Gasteiger partial charge in [0.15, 0.2) is 5.82 Å². The lowest BCUT2D eigenvalue weighted by molar-refractivity contribution is -0.113. The van der Waals surface area contributed by atoms with Crippen molar-refractivity contribution in [2.45, 2.75) is 44.6 Å². The molecule has 6 rings (SSSR count). The van der Waals surface area contributed by atoms with Crippen molar-refractivity contribution in [1.82, 2.24) is 34.5 Å². The number of carbonyl (C=O) groups is 2. The molecule has 0 radical (unpaired) electrons. The van der Waals surface area contributed by atoms with Crippen LogP contribution < -0.4 is 5.32 Å². The first-order valence-electron chi connectivity index (χ1n) is 14.1. The smallest absolute Gasteiger partial charge is 0.282 e. The molecule has 42 heavy (non-hydrogen) atoms. The quantitative estimate of drug-likeness (QED) is 0.351. The fourth-order valence-corrected chi connectivity index (χ4v) is 6.18. The maximum atomic E-state index is 16.3. The molecule has 4 heterocycles. The van der Waals surface area contributed by atoms with Crippen molar-refractivity contribution < 1.29 is 22.8 Å². The molecule has 1 atom stereocenters. The van der Waals surface area contributed by atoms with E-state index in [2.05, 4.69) is 22.3 Å². The Hall–Kier alpha value is -4.22. The second-order valence-electron chi connectivity index (χ2n) is 11.6. The number of aromatic nitrogens is 5. The van der Waals surface area contributed by atoms with Gasteiger partial charge in [0.2, 0.25) is 0 Å². The maximum absolute atomic E-state index is 16.3. The normalized spacial score (nSPS) is 20.8. The van der Waals surface area contributed by atoms with Gasteiger partial charge in [0, 0.05) is 43.8 Å². The Bertz CT molecular complexity index is 1660. The summed E-state index contributed by atoms with van der Waals surface area (Å²) in [5, 5.41) is 7.26. The van der Waals surface area contributed by atoms with Gasteiger partial charge in [-0.1, -0.05) is 19.8 Å². The van der Waals surface area contributed by atoms with Gasteiger partial charge >= 0.3 is 0 Å². The number of nitrogens with one attached hydrogen (secondary N) is 1. The zero-order valence-electron chi connectivity index (χ0n) is 23.6. The molecule has 1 aromatic carbocycles. The molecule has 1 saturated heterocycles. The number of carbonyl (C=O) groups excluding carboxylic acids is 2. The van der Waals surface area contributed by atoms with Crippen molar-refractivity contribution in [1.29, 1.82) is 0 Å². The SMILES string of the molecule is CC1CCC(C(NC(=O)c2ccnn2C)c2nc3c(F)c(-c4cnccc4C(=O)N4CC(F)(F)C4)ccc3n2C)CC1. The number of imidazole rings is 1. The van der Waals surface area contributed by atoms with E-state index >= 15 is 4.39 Å². The molecule has 220 valence electrons. The van der Waals surface area contributed by atoms with Crippen LogP contribution in [-0.2, 0) is 14.1 Å². The Balaban J connectivity index is 1.39. The number of aryl methyl sites for hydroxylation is 2. The first kappa shape index (κ1) is 27.9. The van der Waals surface area contributed by atoms with Gasteiger partial charge in [-0.15, -0.1) is 0 Å². The van der Waals surface area contributed by atoms with Crippen molar-refractivity contribution in [2.75, 3.05) is 13.1 Å². The number of likely N-dealkylation sites (tertiary alicyclic amines) is 1. The summed E-state index contributed by atoms with van der Waals surface area (Å²) in [7, 11) is 3.49. The first-order chi connectivity index (χ1) is 20.0. The lowest BCUT2D eigenvalue weighted by Gasteiger charge is -2.38. The van der Waals surface area contributed by atoms with Gasteiger partial charge in [0.05, 0.1) is 30.2 Å². The number of pyridine rings is 1. The molecule has 2 amide bonds. The first-order valence-corrected chi connectivity index (χ1v) is 14.1. The highest BCUT2D eigenvalue weighted by atomic mass is 19.3. The number of nitrogens with zero attached hydrogens (tertiary/aromatic N) is 6. The van der Waals surface area contributed by atoms with E-state index in [0.29, 0.717) is 23.0 Å². The minimum absolute atomic E-state index is 0.0895. The van der Waals surface area contributed by atoms with Gasteiger partial charge in [-0.3, -0.25) is 19.3 Å². The number of alkyl halides is 2. The van der Waals surface area contributed by atoms with Crippen LogP contribution in [-0.4, -0.2) is 60.0 Å². The monoisotopic (exact) mass is 579 g/mol. The van der Waals surface area contributed by atoms with E-state index in [0.717, 1.165) is 30.6 Å². The third-order valence-electron chi connectivity index (χ3n) is 8.65.